The first-order valence-corrected chi connectivity index (χ1v) is 16.3. The van der Waals surface area contributed by atoms with E-state index >= 15 is 0 Å². The zero-order valence-electron chi connectivity index (χ0n) is 28.7. The molecule has 0 radical (unpaired) electrons. The number of amides is 2. The Morgan fingerprint density at radius 2 is 1.40 bits per heavy atom. The van der Waals surface area contributed by atoms with Gasteiger partial charge in [0.25, 0.3) is 5.69 Å². The van der Waals surface area contributed by atoms with Gasteiger partial charge in [0.05, 0.1) is 83.1 Å². The molecule has 47 heavy (non-hydrogen) atoms. The fourth-order valence-electron chi connectivity index (χ4n) is 4.03. The first-order valence-electron chi connectivity index (χ1n) is 16.3. The molecule has 270 valence electrons. The molecule has 0 aromatic heterocycles. The maximum atomic E-state index is 12.3. The van der Waals surface area contributed by atoms with Gasteiger partial charge < -0.3 is 49.5 Å². The van der Waals surface area contributed by atoms with Gasteiger partial charge in [0.2, 0.25) is 11.8 Å². The van der Waals surface area contributed by atoms with E-state index in [1.807, 2.05) is 6.92 Å². The van der Waals surface area contributed by atoms with Crippen LogP contribution in [0.3, 0.4) is 0 Å². The average Bonchev–Trinajstić information content (AvgIpc) is 3.05. The first-order chi connectivity index (χ1) is 22.6. The largest absolute Gasteiger partial charge is 0.493 e. The molecule has 1 aromatic rings. The van der Waals surface area contributed by atoms with Crippen molar-refractivity contribution in [2.75, 3.05) is 86.3 Å². The maximum Gasteiger partial charge on any atom is 0.278 e. The lowest BCUT2D eigenvalue weighted by Crippen LogP contribution is -2.46. The molecule has 0 spiro atoms. The number of hydrogen-bond acceptors (Lipinski definition) is 12. The summed E-state index contributed by atoms with van der Waals surface area (Å²) >= 11 is 0. The number of unbranched alkanes of at least 4 members (excludes halogenated alkanes) is 1. The van der Waals surface area contributed by atoms with Crippen LogP contribution in [0.2, 0.25) is 0 Å². The Labute approximate surface area is 278 Å². The quantitative estimate of drug-likeness (QED) is 0.0641. The van der Waals surface area contributed by atoms with Gasteiger partial charge in [-0.15, -0.1) is 0 Å². The Morgan fingerprint density at radius 3 is 1.96 bits per heavy atom. The van der Waals surface area contributed by atoms with Crippen LogP contribution in [0, 0.1) is 22.0 Å². The summed E-state index contributed by atoms with van der Waals surface area (Å²) in [5.41, 5.74) is 5.92. The third kappa shape index (κ3) is 19.4. The van der Waals surface area contributed by atoms with Gasteiger partial charge in [-0.25, -0.2) is 0 Å². The van der Waals surface area contributed by atoms with Gasteiger partial charge in [-0.2, -0.15) is 0 Å². The van der Waals surface area contributed by atoms with Gasteiger partial charge in [-0.05, 0) is 18.4 Å². The monoisotopic (exact) mass is 672 g/mol. The highest BCUT2D eigenvalue weighted by molar-refractivity contribution is 5.81. The predicted octanol–water partition coefficient (Wildman–Crippen LogP) is 2.61. The van der Waals surface area contributed by atoms with Gasteiger partial charge in [-0.3, -0.25) is 19.7 Å². The number of hydrogen-bond donors (Lipinski definition) is 3. The minimum Gasteiger partial charge on any atom is -0.493 e. The summed E-state index contributed by atoms with van der Waals surface area (Å²) in [6.45, 7) is 12.1. The summed E-state index contributed by atoms with van der Waals surface area (Å²) in [6.07, 6.45) is 2.82. The van der Waals surface area contributed by atoms with E-state index in [4.69, 9.17) is 38.9 Å². The minimum absolute atomic E-state index is 0.0557. The minimum atomic E-state index is -1.00. The second-order valence-electron chi connectivity index (χ2n) is 11.3. The van der Waals surface area contributed by atoms with Gasteiger partial charge in [-0.1, -0.05) is 40.5 Å². The lowest BCUT2D eigenvalue weighted by Gasteiger charge is -2.15. The van der Waals surface area contributed by atoms with Crippen molar-refractivity contribution in [3.8, 4) is 11.5 Å². The lowest BCUT2D eigenvalue weighted by molar-refractivity contribution is -0.386. The number of benzene rings is 1. The highest BCUT2D eigenvalue weighted by Crippen LogP contribution is 2.35. The van der Waals surface area contributed by atoms with Crippen molar-refractivity contribution in [3.63, 3.8) is 0 Å². The summed E-state index contributed by atoms with van der Waals surface area (Å²) in [5.74, 6) is 0.352. The summed E-state index contributed by atoms with van der Waals surface area (Å²) in [7, 11) is 1.42. The van der Waals surface area contributed by atoms with Crippen molar-refractivity contribution >= 4 is 17.5 Å². The van der Waals surface area contributed by atoms with Crippen LogP contribution in [0.25, 0.3) is 0 Å². The number of nitrogens with two attached hydrogens (primary N) is 1. The number of rotatable bonds is 29. The Balaban J connectivity index is 2.36. The molecule has 1 aromatic carbocycles. The van der Waals surface area contributed by atoms with E-state index in [0.717, 1.165) is 19.3 Å². The molecule has 15 heteroatoms. The number of ether oxygens (including phenoxy) is 7. The number of nitro groups is 1. The molecule has 0 fully saturated rings. The molecule has 0 bridgehead atoms. The second-order valence-corrected chi connectivity index (χ2v) is 11.3. The van der Waals surface area contributed by atoms with Crippen LogP contribution in [0.15, 0.2) is 12.1 Å². The van der Waals surface area contributed by atoms with E-state index in [1.165, 1.54) is 19.2 Å². The number of methoxy groups -OCH3 is 1. The molecule has 4 N–H and O–H groups in total. The zero-order valence-corrected chi connectivity index (χ0v) is 28.7. The number of carbonyl (C=O) groups excluding carboxylic acids is 2. The van der Waals surface area contributed by atoms with Crippen molar-refractivity contribution in [3.05, 3.63) is 27.8 Å². The molecular weight excluding hydrogens is 616 g/mol. The van der Waals surface area contributed by atoms with Crippen molar-refractivity contribution in [1.82, 2.24) is 10.6 Å². The third-order valence-electron chi connectivity index (χ3n) is 6.67. The Hall–Kier alpha value is -3.08. The number of carbonyl (C=O) groups is 2. The Kier molecular flexibility index (Phi) is 23.2. The van der Waals surface area contributed by atoms with Crippen molar-refractivity contribution in [1.29, 1.82) is 0 Å². The molecule has 0 saturated heterocycles. The van der Waals surface area contributed by atoms with E-state index in [0.29, 0.717) is 52.2 Å². The Bertz CT molecular complexity index is 1030. The Morgan fingerprint density at radius 1 is 0.830 bits per heavy atom. The van der Waals surface area contributed by atoms with Crippen LogP contribution in [0.4, 0.5) is 5.69 Å². The zero-order chi connectivity index (χ0) is 34.9. The normalized spacial score (nSPS) is 12.5. The highest BCUT2D eigenvalue weighted by atomic mass is 16.6. The molecule has 0 saturated carbocycles. The fourth-order valence-corrected chi connectivity index (χ4v) is 4.03. The van der Waals surface area contributed by atoms with E-state index in [-0.39, 0.29) is 74.1 Å². The van der Waals surface area contributed by atoms with Crippen LogP contribution < -0.4 is 25.8 Å². The molecule has 0 aliphatic heterocycles. The molecule has 15 nitrogen and oxygen atoms in total. The fraction of sp³-hybridized carbons (Fsp3) is 0.750. The second kappa shape index (κ2) is 25.9. The molecule has 0 aliphatic rings. The smallest absolute Gasteiger partial charge is 0.278 e. The SMILES string of the molecule is CCCCC(C)C(=O)NCCNC(=O)C(N)COCc1cc(OC)c(OCCOCCOCCOCCOCC(C)C)cc1[N+](=O)[O-]. The standard InChI is InChI=1S/C32H56N4O11/c1-6-7-8-25(4)31(37)34-9-10-35-32(38)27(33)23-46-22-26-19-29(41-5)30(20-28(26)36(39)40)47-18-17-44-14-13-42-11-12-43-15-16-45-21-24(2)3/h19-20,24-25,27H,6-18,21-23,33H2,1-5H3,(H,34,37)(H,35,38). The number of nitrogens with one attached hydrogen (secondary N) is 2. The van der Waals surface area contributed by atoms with E-state index in [9.17, 15) is 19.7 Å². The molecule has 2 atom stereocenters. The average molecular weight is 673 g/mol. The van der Waals surface area contributed by atoms with Crippen molar-refractivity contribution in [2.24, 2.45) is 17.6 Å². The predicted molar refractivity (Wildman–Crippen MR) is 176 cm³/mol. The van der Waals surface area contributed by atoms with Gasteiger partial charge in [0, 0.05) is 25.6 Å². The molecule has 1 rings (SSSR count). The summed E-state index contributed by atoms with van der Waals surface area (Å²) in [6, 6.07) is 1.71. The van der Waals surface area contributed by atoms with E-state index in [2.05, 4.69) is 31.4 Å². The third-order valence-corrected chi connectivity index (χ3v) is 6.67. The van der Waals surface area contributed by atoms with E-state index < -0.39 is 16.9 Å². The van der Waals surface area contributed by atoms with Crippen molar-refractivity contribution in [2.45, 2.75) is 59.6 Å². The van der Waals surface area contributed by atoms with Crippen LogP contribution in [-0.2, 0) is 39.9 Å². The summed E-state index contributed by atoms with van der Waals surface area (Å²) in [4.78, 5) is 35.6. The van der Waals surface area contributed by atoms with Crippen LogP contribution in [0.1, 0.15) is 52.5 Å². The number of nitro benzene ring substituents is 1. The topological polar surface area (TPSA) is 192 Å². The number of nitrogens with zero attached hydrogens (tertiary/aromatic N) is 1. The summed E-state index contributed by atoms with van der Waals surface area (Å²) < 4.78 is 38.4. The van der Waals surface area contributed by atoms with Gasteiger partial charge in [0.15, 0.2) is 11.5 Å². The van der Waals surface area contributed by atoms with Crippen LogP contribution in [0.5, 0.6) is 11.5 Å². The first kappa shape index (κ1) is 41.9. The van der Waals surface area contributed by atoms with Crippen LogP contribution >= 0.6 is 0 Å². The molecule has 0 heterocycles. The van der Waals surface area contributed by atoms with Gasteiger partial charge >= 0.3 is 0 Å². The molecule has 2 unspecified atom stereocenters. The molecule has 2 amide bonds. The molecular formula is C32H56N4O11. The van der Waals surface area contributed by atoms with Gasteiger partial charge in [0.1, 0.15) is 12.6 Å². The van der Waals surface area contributed by atoms with Crippen molar-refractivity contribution < 1.29 is 47.7 Å². The maximum absolute atomic E-state index is 12.3. The molecule has 0 aliphatic carbocycles. The van der Waals surface area contributed by atoms with Crippen LogP contribution in [-0.4, -0.2) is 109 Å². The van der Waals surface area contributed by atoms with E-state index in [1.54, 1.807) is 0 Å². The lowest BCUT2D eigenvalue weighted by atomic mass is 10.0. The summed E-state index contributed by atoms with van der Waals surface area (Å²) in [5, 5.41) is 17.2. The highest BCUT2D eigenvalue weighted by Gasteiger charge is 2.21.